The highest BCUT2D eigenvalue weighted by molar-refractivity contribution is 7.92. The van der Waals surface area contributed by atoms with Gasteiger partial charge < -0.3 is 10.2 Å². The van der Waals surface area contributed by atoms with E-state index in [4.69, 9.17) is 0 Å². The molecule has 0 spiro atoms. The molecule has 0 aliphatic carbocycles. The van der Waals surface area contributed by atoms with Gasteiger partial charge in [0.05, 0.1) is 10.6 Å². The van der Waals surface area contributed by atoms with Crippen molar-refractivity contribution >= 4 is 27.3 Å². The number of carbonyl (C=O) groups is 1. The van der Waals surface area contributed by atoms with E-state index < -0.39 is 10.0 Å². The van der Waals surface area contributed by atoms with E-state index in [-0.39, 0.29) is 10.8 Å². The van der Waals surface area contributed by atoms with Gasteiger partial charge in [-0.2, -0.15) is 0 Å². The summed E-state index contributed by atoms with van der Waals surface area (Å²) in [6, 6.07) is 19.5. The quantitative estimate of drug-likeness (QED) is 0.583. The monoisotopic (exact) mass is 437 g/mol. The van der Waals surface area contributed by atoms with Crippen LogP contribution in [0.25, 0.3) is 0 Å². The Hall–Kier alpha value is -3.32. The highest BCUT2D eigenvalue weighted by atomic mass is 32.2. The van der Waals surface area contributed by atoms with Crippen LogP contribution in [-0.4, -0.2) is 28.4 Å². The van der Waals surface area contributed by atoms with Crippen LogP contribution >= 0.6 is 0 Å². The largest absolute Gasteiger partial charge is 0.378 e. The van der Waals surface area contributed by atoms with Crippen molar-refractivity contribution in [2.75, 3.05) is 23.7 Å². The molecule has 7 heteroatoms. The Balaban J connectivity index is 1.66. The van der Waals surface area contributed by atoms with Crippen molar-refractivity contribution in [2.24, 2.45) is 0 Å². The number of hydrogen-bond acceptors (Lipinski definition) is 4. The van der Waals surface area contributed by atoms with Crippen molar-refractivity contribution in [3.8, 4) is 0 Å². The summed E-state index contributed by atoms with van der Waals surface area (Å²) in [7, 11) is 0.256. The molecule has 162 valence electrons. The second-order valence-corrected chi connectivity index (χ2v) is 9.37. The fourth-order valence-corrected chi connectivity index (χ4v) is 4.17. The Morgan fingerprint density at radius 3 is 2.13 bits per heavy atom. The number of nitrogens with zero attached hydrogens (tertiary/aromatic N) is 1. The fourth-order valence-electron chi connectivity index (χ4n) is 3.04. The Kier molecular flexibility index (Phi) is 6.65. The fraction of sp³-hybridized carbons (Fsp3) is 0.208. The lowest BCUT2D eigenvalue weighted by Gasteiger charge is -2.14. The summed E-state index contributed by atoms with van der Waals surface area (Å²) in [6.07, 6.45) is 0. The number of carbonyl (C=O) groups excluding carboxylic acids is 1. The summed E-state index contributed by atoms with van der Waals surface area (Å²) in [4.78, 5) is 14.7. The van der Waals surface area contributed by atoms with Gasteiger partial charge in [-0.25, -0.2) is 8.42 Å². The minimum Gasteiger partial charge on any atom is -0.378 e. The van der Waals surface area contributed by atoms with E-state index in [1.807, 2.05) is 50.2 Å². The first-order valence-electron chi connectivity index (χ1n) is 9.90. The number of anilines is 2. The van der Waals surface area contributed by atoms with Gasteiger partial charge in [-0.05, 0) is 67.4 Å². The van der Waals surface area contributed by atoms with Crippen molar-refractivity contribution in [1.29, 1.82) is 0 Å². The first-order valence-corrected chi connectivity index (χ1v) is 11.4. The molecule has 0 aliphatic heterocycles. The van der Waals surface area contributed by atoms with Gasteiger partial charge in [0, 0.05) is 31.9 Å². The summed E-state index contributed by atoms with van der Waals surface area (Å²) < 4.78 is 27.8. The predicted molar refractivity (Wildman–Crippen MR) is 125 cm³/mol. The first kappa shape index (κ1) is 22.4. The molecule has 0 saturated heterocycles. The average Bonchev–Trinajstić information content (AvgIpc) is 2.74. The molecule has 31 heavy (non-hydrogen) atoms. The molecule has 3 aromatic rings. The minimum atomic E-state index is -3.70. The van der Waals surface area contributed by atoms with Crippen LogP contribution in [0, 0.1) is 13.8 Å². The molecule has 2 N–H and O–H groups in total. The van der Waals surface area contributed by atoms with Crippen molar-refractivity contribution in [3.05, 3.63) is 89.0 Å². The number of rotatable bonds is 7. The van der Waals surface area contributed by atoms with Crippen LogP contribution in [0.4, 0.5) is 11.4 Å². The lowest BCUT2D eigenvalue weighted by molar-refractivity contribution is 0.0951. The van der Waals surface area contributed by atoms with Crippen LogP contribution in [0.5, 0.6) is 0 Å². The SMILES string of the molecule is Cc1ccc(S(=O)(=O)Nc2ccc(C(=O)NCc3ccc(N(C)C)cc3)cc2C)cc1. The van der Waals surface area contributed by atoms with Crippen molar-refractivity contribution in [2.45, 2.75) is 25.3 Å². The van der Waals surface area contributed by atoms with Gasteiger partial charge in [-0.1, -0.05) is 29.8 Å². The molecule has 0 aromatic heterocycles. The zero-order chi connectivity index (χ0) is 22.6. The number of hydrogen-bond donors (Lipinski definition) is 2. The summed E-state index contributed by atoms with van der Waals surface area (Å²) in [5.41, 5.74) is 4.66. The van der Waals surface area contributed by atoms with E-state index in [1.165, 1.54) is 0 Å². The summed E-state index contributed by atoms with van der Waals surface area (Å²) in [6.45, 7) is 4.08. The van der Waals surface area contributed by atoms with E-state index in [9.17, 15) is 13.2 Å². The lowest BCUT2D eigenvalue weighted by Crippen LogP contribution is -2.23. The van der Waals surface area contributed by atoms with Gasteiger partial charge in [-0.15, -0.1) is 0 Å². The Morgan fingerprint density at radius 2 is 1.55 bits per heavy atom. The molecule has 0 fully saturated rings. The van der Waals surface area contributed by atoms with E-state index in [0.717, 1.165) is 16.8 Å². The third-order valence-electron chi connectivity index (χ3n) is 4.97. The zero-order valence-electron chi connectivity index (χ0n) is 18.1. The number of nitrogens with one attached hydrogen (secondary N) is 2. The molecule has 0 aliphatic rings. The van der Waals surface area contributed by atoms with Crippen molar-refractivity contribution in [3.63, 3.8) is 0 Å². The summed E-state index contributed by atoms with van der Waals surface area (Å²) in [5, 5.41) is 2.90. The van der Waals surface area contributed by atoms with Crippen LogP contribution in [-0.2, 0) is 16.6 Å². The molecule has 3 rings (SSSR count). The second kappa shape index (κ2) is 9.22. The zero-order valence-corrected chi connectivity index (χ0v) is 19.0. The average molecular weight is 438 g/mol. The number of benzene rings is 3. The molecule has 0 unspecified atom stereocenters. The molecular formula is C24H27N3O3S. The maximum Gasteiger partial charge on any atom is 0.261 e. The number of amides is 1. The van der Waals surface area contributed by atoms with E-state index in [0.29, 0.717) is 23.4 Å². The maximum atomic E-state index is 12.6. The Morgan fingerprint density at radius 1 is 0.903 bits per heavy atom. The van der Waals surface area contributed by atoms with Crippen LogP contribution in [0.2, 0.25) is 0 Å². The molecule has 0 saturated carbocycles. The van der Waals surface area contributed by atoms with Gasteiger partial charge in [-0.3, -0.25) is 9.52 Å². The Labute approximate surface area is 184 Å². The van der Waals surface area contributed by atoms with Gasteiger partial charge in [0.2, 0.25) is 0 Å². The summed E-state index contributed by atoms with van der Waals surface area (Å²) >= 11 is 0. The van der Waals surface area contributed by atoms with Crippen LogP contribution in [0.15, 0.2) is 71.6 Å². The first-order chi connectivity index (χ1) is 14.7. The molecule has 0 radical (unpaired) electrons. The second-order valence-electron chi connectivity index (χ2n) is 7.69. The number of aryl methyl sites for hydroxylation is 2. The van der Waals surface area contributed by atoms with Gasteiger partial charge in [0.1, 0.15) is 0 Å². The van der Waals surface area contributed by atoms with Crippen LogP contribution in [0.1, 0.15) is 27.0 Å². The maximum absolute atomic E-state index is 12.6. The molecule has 0 atom stereocenters. The van der Waals surface area contributed by atoms with Gasteiger partial charge in [0.15, 0.2) is 0 Å². The number of sulfonamides is 1. The molecule has 0 heterocycles. The van der Waals surface area contributed by atoms with Crippen molar-refractivity contribution < 1.29 is 13.2 Å². The highest BCUT2D eigenvalue weighted by Crippen LogP contribution is 2.21. The smallest absolute Gasteiger partial charge is 0.261 e. The van der Waals surface area contributed by atoms with E-state index in [2.05, 4.69) is 10.0 Å². The third-order valence-corrected chi connectivity index (χ3v) is 6.35. The Bertz CT molecular complexity index is 1170. The van der Waals surface area contributed by atoms with Crippen molar-refractivity contribution in [1.82, 2.24) is 5.32 Å². The lowest BCUT2D eigenvalue weighted by atomic mass is 10.1. The predicted octanol–water partition coefficient (Wildman–Crippen LogP) is 4.10. The summed E-state index contributed by atoms with van der Waals surface area (Å²) in [5.74, 6) is -0.215. The highest BCUT2D eigenvalue weighted by Gasteiger charge is 2.16. The van der Waals surface area contributed by atoms with Gasteiger partial charge in [0.25, 0.3) is 15.9 Å². The normalized spacial score (nSPS) is 11.1. The molecule has 3 aromatic carbocycles. The molecule has 6 nitrogen and oxygen atoms in total. The molecular weight excluding hydrogens is 410 g/mol. The van der Waals surface area contributed by atoms with Crippen LogP contribution < -0.4 is 14.9 Å². The minimum absolute atomic E-state index is 0.194. The van der Waals surface area contributed by atoms with E-state index >= 15 is 0 Å². The van der Waals surface area contributed by atoms with Gasteiger partial charge >= 0.3 is 0 Å². The molecule has 1 amide bonds. The topological polar surface area (TPSA) is 78.5 Å². The van der Waals surface area contributed by atoms with E-state index in [1.54, 1.807) is 49.4 Å². The van der Waals surface area contributed by atoms with Crippen LogP contribution in [0.3, 0.4) is 0 Å². The standard InChI is InChI=1S/C24H27N3O3S/c1-17-5-12-22(13-6-17)31(29,30)26-23-14-9-20(15-18(23)2)24(28)25-16-19-7-10-21(11-8-19)27(3)4/h5-15,26H,16H2,1-4H3,(H,25,28). The molecule has 0 bridgehead atoms. The third kappa shape index (κ3) is 5.64.